The van der Waals surface area contributed by atoms with E-state index in [1.807, 2.05) is 7.05 Å². The molecule has 0 amide bonds. The number of hydrogen-bond donors (Lipinski definition) is 1. The topological polar surface area (TPSA) is 12.0 Å². The fourth-order valence-corrected chi connectivity index (χ4v) is 1.85. The average Bonchev–Trinajstić information content (AvgIpc) is 2.25. The molecule has 88 valence electrons. The van der Waals surface area contributed by atoms with Crippen molar-refractivity contribution in [2.75, 3.05) is 7.05 Å². The van der Waals surface area contributed by atoms with E-state index in [1.54, 1.807) is 0 Å². The normalized spacial score (nSPS) is 12.8. The molecular formula is C15H23N. The molecule has 0 heterocycles. The van der Waals surface area contributed by atoms with E-state index in [0.717, 1.165) is 6.42 Å². The van der Waals surface area contributed by atoms with E-state index in [1.165, 1.54) is 16.7 Å². The highest BCUT2D eigenvalue weighted by Gasteiger charge is 2.09. The van der Waals surface area contributed by atoms with E-state index in [-0.39, 0.29) is 0 Å². The van der Waals surface area contributed by atoms with Crippen LogP contribution in [0.5, 0.6) is 0 Å². The lowest BCUT2D eigenvalue weighted by Gasteiger charge is -2.17. The summed E-state index contributed by atoms with van der Waals surface area (Å²) in [6.45, 7) is 10.5. The second-order valence-electron chi connectivity index (χ2n) is 4.82. The summed E-state index contributed by atoms with van der Waals surface area (Å²) < 4.78 is 0. The molecule has 1 aromatic rings. The second kappa shape index (κ2) is 5.86. The third-order valence-corrected chi connectivity index (χ3v) is 2.91. The molecule has 0 bridgehead atoms. The van der Waals surface area contributed by atoms with E-state index in [2.05, 4.69) is 56.9 Å². The van der Waals surface area contributed by atoms with Crippen molar-refractivity contribution in [1.82, 2.24) is 5.32 Å². The molecule has 0 saturated carbocycles. The van der Waals surface area contributed by atoms with Gasteiger partial charge >= 0.3 is 0 Å². The molecule has 1 N–H and O–H groups in total. The molecule has 0 radical (unpaired) electrons. The third-order valence-electron chi connectivity index (χ3n) is 2.91. The average molecular weight is 217 g/mol. The Labute approximate surface area is 99.6 Å². The maximum absolute atomic E-state index is 3.97. The molecule has 1 unspecified atom stereocenters. The van der Waals surface area contributed by atoms with E-state index in [0.29, 0.717) is 12.0 Å². The fraction of sp³-hybridized carbons (Fsp3) is 0.467. The minimum Gasteiger partial charge on any atom is -0.313 e. The van der Waals surface area contributed by atoms with Crippen LogP contribution in [0.2, 0.25) is 0 Å². The van der Waals surface area contributed by atoms with Crippen molar-refractivity contribution in [1.29, 1.82) is 0 Å². The fourth-order valence-electron chi connectivity index (χ4n) is 1.85. The van der Waals surface area contributed by atoms with Gasteiger partial charge in [-0.1, -0.05) is 43.7 Å². The Morgan fingerprint density at radius 2 is 1.69 bits per heavy atom. The standard InChI is InChI=1S/C15H23N/c1-11(2)10-15(16-5)14-8-6-13(7-9-14)12(3)4/h6-9,12,15-16H,1,10H2,2-5H3. The lowest BCUT2D eigenvalue weighted by Crippen LogP contribution is -2.16. The van der Waals surface area contributed by atoms with Gasteiger partial charge in [0.05, 0.1) is 0 Å². The minimum absolute atomic E-state index is 0.388. The van der Waals surface area contributed by atoms with Crippen LogP contribution in [0.1, 0.15) is 50.3 Å². The quantitative estimate of drug-likeness (QED) is 0.734. The van der Waals surface area contributed by atoms with Gasteiger partial charge in [0.1, 0.15) is 0 Å². The molecule has 0 fully saturated rings. The first-order valence-electron chi connectivity index (χ1n) is 5.96. The van der Waals surface area contributed by atoms with Gasteiger partial charge in [-0.15, -0.1) is 6.58 Å². The van der Waals surface area contributed by atoms with Crippen molar-refractivity contribution in [2.45, 2.75) is 39.2 Å². The van der Waals surface area contributed by atoms with E-state index in [9.17, 15) is 0 Å². The molecule has 0 aliphatic carbocycles. The van der Waals surface area contributed by atoms with Gasteiger partial charge in [0.25, 0.3) is 0 Å². The van der Waals surface area contributed by atoms with Crippen LogP contribution in [0, 0.1) is 0 Å². The van der Waals surface area contributed by atoms with Crippen molar-refractivity contribution in [3.05, 3.63) is 47.5 Å². The van der Waals surface area contributed by atoms with E-state index < -0.39 is 0 Å². The molecule has 0 saturated heterocycles. The summed E-state index contributed by atoms with van der Waals surface area (Å²) in [6, 6.07) is 9.28. The highest BCUT2D eigenvalue weighted by molar-refractivity contribution is 5.27. The SMILES string of the molecule is C=C(C)CC(NC)c1ccc(C(C)C)cc1. The van der Waals surface area contributed by atoms with Crippen LogP contribution in [-0.2, 0) is 0 Å². The largest absolute Gasteiger partial charge is 0.313 e. The van der Waals surface area contributed by atoms with E-state index in [4.69, 9.17) is 0 Å². The summed E-state index contributed by atoms with van der Waals surface area (Å²) >= 11 is 0. The van der Waals surface area contributed by atoms with Crippen LogP contribution >= 0.6 is 0 Å². The van der Waals surface area contributed by atoms with E-state index >= 15 is 0 Å². The molecular weight excluding hydrogens is 194 g/mol. The zero-order valence-electron chi connectivity index (χ0n) is 10.9. The van der Waals surface area contributed by atoms with Crippen LogP contribution in [0.3, 0.4) is 0 Å². The van der Waals surface area contributed by atoms with Gasteiger partial charge in [-0.3, -0.25) is 0 Å². The van der Waals surface area contributed by atoms with Gasteiger partial charge in [0.2, 0.25) is 0 Å². The first kappa shape index (κ1) is 13.0. The summed E-state index contributed by atoms with van der Waals surface area (Å²) in [6.07, 6.45) is 0.998. The predicted octanol–water partition coefficient (Wildman–Crippen LogP) is 4.04. The van der Waals surface area contributed by atoms with Gasteiger partial charge in [-0.25, -0.2) is 0 Å². The summed E-state index contributed by atoms with van der Waals surface area (Å²) in [5.74, 6) is 0.600. The number of hydrogen-bond acceptors (Lipinski definition) is 1. The molecule has 0 spiro atoms. The summed E-state index contributed by atoms with van der Waals surface area (Å²) in [4.78, 5) is 0. The molecule has 1 rings (SSSR count). The monoisotopic (exact) mass is 217 g/mol. The number of benzene rings is 1. The zero-order valence-corrected chi connectivity index (χ0v) is 10.9. The zero-order chi connectivity index (χ0) is 12.1. The molecule has 1 atom stereocenters. The van der Waals surface area contributed by atoms with Crippen LogP contribution in [0.25, 0.3) is 0 Å². The molecule has 0 aromatic heterocycles. The van der Waals surface area contributed by atoms with Crippen molar-refractivity contribution in [3.8, 4) is 0 Å². The number of rotatable bonds is 5. The summed E-state index contributed by atoms with van der Waals surface area (Å²) in [5, 5.41) is 3.34. The molecule has 1 heteroatoms. The molecule has 16 heavy (non-hydrogen) atoms. The molecule has 1 aromatic carbocycles. The Morgan fingerprint density at radius 1 is 1.19 bits per heavy atom. The van der Waals surface area contributed by atoms with Crippen molar-refractivity contribution >= 4 is 0 Å². The lowest BCUT2D eigenvalue weighted by atomic mass is 9.96. The Balaban J connectivity index is 2.82. The van der Waals surface area contributed by atoms with Crippen molar-refractivity contribution in [3.63, 3.8) is 0 Å². The third kappa shape index (κ3) is 3.49. The smallest absolute Gasteiger partial charge is 0.0354 e. The highest BCUT2D eigenvalue weighted by Crippen LogP contribution is 2.22. The van der Waals surface area contributed by atoms with Gasteiger partial charge in [0, 0.05) is 6.04 Å². The highest BCUT2D eigenvalue weighted by atomic mass is 14.9. The van der Waals surface area contributed by atoms with Crippen LogP contribution in [0.15, 0.2) is 36.4 Å². The minimum atomic E-state index is 0.388. The first-order chi connectivity index (χ1) is 7.54. The van der Waals surface area contributed by atoms with Crippen LogP contribution < -0.4 is 5.32 Å². The summed E-state index contributed by atoms with van der Waals surface area (Å²) in [7, 11) is 2.00. The second-order valence-corrected chi connectivity index (χ2v) is 4.82. The maximum atomic E-state index is 3.97. The van der Waals surface area contributed by atoms with Gasteiger partial charge in [-0.2, -0.15) is 0 Å². The Morgan fingerprint density at radius 3 is 2.06 bits per heavy atom. The Hall–Kier alpha value is -1.08. The Kier molecular flexibility index (Phi) is 4.75. The van der Waals surface area contributed by atoms with Crippen molar-refractivity contribution < 1.29 is 0 Å². The van der Waals surface area contributed by atoms with Gasteiger partial charge in [-0.05, 0) is 37.4 Å². The molecule has 1 nitrogen and oxygen atoms in total. The van der Waals surface area contributed by atoms with Crippen molar-refractivity contribution in [2.24, 2.45) is 0 Å². The summed E-state index contributed by atoms with van der Waals surface area (Å²) in [5.41, 5.74) is 3.95. The van der Waals surface area contributed by atoms with Gasteiger partial charge in [0.15, 0.2) is 0 Å². The predicted molar refractivity (Wildman–Crippen MR) is 71.8 cm³/mol. The number of nitrogens with one attached hydrogen (secondary N) is 1. The van der Waals surface area contributed by atoms with Crippen LogP contribution in [0.4, 0.5) is 0 Å². The molecule has 0 aliphatic heterocycles. The molecule has 0 aliphatic rings. The lowest BCUT2D eigenvalue weighted by molar-refractivity contribution is 0.589. The maximum Gasteiger partial charge on any atom is 0.0354 e. The van der Waals surface area contributed by atoms with Gasteiger partial charge < -0.3 is 5.32 Å². The first-order valence-corrected chi connectivity index (χ1v) is 5.96. The van der Waals surface area contributed by atoms with Crippen LogP contribution in [-0.4, -0.2) is 7.05 Å². The Bertz CT molecular complexity index is 335.